The molecule has 0 bridgehead atoms. The van der Waals surface area contributed by atoms with Crippen molar-refractivity contribution in [1.29, 1.82) is 0 Å². The average Bonchev–Trinajstić information content (AvgIpc) is 2.03. The molecule has 0 aliphatic rings. The number of aromatic nitrogens is 1. The summed E-state index contributed by atoms with van der Waals surface area (Å²) in [6.45, 7) is 1.74. The lowest BCUT2D eigenvalue weighted by Gasteiger charge is -2.08. The Labute approximate surface area is 83.3 Å². The molecule has 0 saturated carbocycles. The third kappa shape index (κ3) is 2.15. The molecule has 72 valence electrons. The molecule has 0 aromatic carbocycles. The van der Waals surface area contributed by atoms with Crippen LogP contribution in [-0.2, 0) is 5.33 Å². The number of aryl methyl sites for hydroxylation is 1. The first-order chi connectivity index (χ1) is 6.06. The molecule has 1 aromatic rings. The van der Waals surface area contributed by atoms with E-state index in [-0.39, 0.29) is 11.4 Å². The molecule has 0 radical (unpaired) electrons. The van der Waals surface area contributed by atoms with Gasteiger partial charge in [-0.15, -0.1) is 0 Å². The van der Waals surface area contributed by atoms with Crippen LogP contribution in [-0.4, -0.2) is 4.98 Å². The normalized spacial score (nSPS) is 10.8. The van der Waals surface area contributed by atoms with E-state index in [0.29, 0.717) is 11.0 Å². The van der Waals surface area contributed by atoms with E-state index < -0.39 is 6.43 Å². The smallest absolute Gasteiger partial charge is 0.267 e. The van der Waals surface area contributed by atoms with Gasteiger partial charge in [-0.2, -0.15) is 0 Å². The summed E-state index contributed by atoms with van der Waals surface area (Å²) >= 11 is 3.19. The van der Waals surface area contributed by atoms with Crippen molar-refractivity contribution in [3.8, 4) is 0 Å². The average molecular weight is 251 g/mol. The molecule has 13 heavy (non-hydrogen) atoms. The molecular weight excluding hydrogens is 242 g/mol. The zero-order valence-corrected chi connectivity index (χ0v) is 8.61. The molecule has 0 aliphatic carbocycles. The number of nitrogens with two attached hydrogens (primary N) is 1. The number of nitrogens with zero attached hydrogens (tertiary/aromatic N) is 1. The minimum Gasteiger partial charge on any atom is -0.383 e. The van der Waals surface area contributed by atoms with Crippen LogP contribution >= 0.6 is 15.9 Å². The molecular formula is C8H9BrF2N2. The summed E-state index contributed by atoms with van der Waals surface area (Å²) in [6, 6.07) is 1.39. The van der Waals surface area contributed by atoms with Crippen molar-refractivity contribution in [2.75, 3.05) is 5.73 Å². The Morgan fingerprint density at radius 3 is 2.69 bits per heavy atom. The van der Waals surface area contributed by atoms with Crippen molar-refractivity contribution in [1.82, 2.24) is 4.98 Å². The number of rotatable bonds is 2. The predicted octanol–water partition coefficient (Wildman–Crippen LogP) is 2.80. The van der Waals surface area contributed by atoms with Gasteiger partial charge in [0.05, 0.1) is 5.56 Å². The molecule has 1 rings (SSSR count). The maximum Gasteiger partial charge on any atom is 0.267 e. The van der Waals surface area contributed by atoms with Crippen molar-refractivity contribution in [2.24, 2.45) is 0 Å². The van der Waals surface area contributed by atoms with E-state index in [0.717, 1.165) is 5.56 Å². The number of nitrogen functional groups attached to an aromatic ring is 1. The van der Waals surface area contributed by atoms with Crippen LogP contribution in [0.3, 0.4) is 0 Å². The summed E-state index contributed by atoms with van der Waals surface area (Å²) in [5.41, 5.74) is 6.56. The van der Waals surface area contributed by atoms with Gasteiger partial charge in [0.2, 0.25) is 0 Å². The Bertz CT molecular complexity index is 315. The quantitative estimate of drug-likeness (QED) is 0.821. The van der Waals surface area contributed by atoms with Crippen LogP contribution in [0.2, 0.25) is 0 Å². The van der Waals surface area contributed by atoms with Crippen molar-refractivity contribution < 1.29 is 8.78 Å². The highest BCUT2D eigenvalue weighted by Gasteiger charge is 2.14. The highest BCUT2D eigenvalue weighted by Crippen LogP contribution is 2.26. The number of anilines is 1. The number of pyridine rings is 1. The first kappa shape index (κ1) is 10.4. The number of hydrogen-bond donors (Lipinski definition) is 1. The summed E-state index contributed by atoms with van der Waals surface area (Å²) in [7, 11) is 0. The third-order valence-electron chi connectivity index (χ3n) is 1.76. The SMILES string of the molecule is Cc1nc(N)c(C(F)F)cc1CBr. The molecule has 0 fully saturated rings. The molecule has 0 atom stereocenters. The van der Waals surface area contributed by atoms with Gasteiger partial charge in [-0.1, -0.05) is 15.9 Å². The van der Waals surface area contributed by atoms with Gasteiger partial charge in [-0.25, -0.2) is 13.8 Å². The monoisotopic (exact) mass is 250 g/mol. The molecule has 0 saturated heterocycles. The lowest BCUT2D eigenvalue weighted by Crippen LogP contribution is -2.02. The summed E-state index contributed by atoms with van der Waals surface area (Å²) in [6.07, 6.45) is -2.56. The van der Waals surface area contributed by atoms with Crippen LogP contribution in [0.15, 0.2) is 6.07 Å². The molecule has 1 aromatic heterocycles. The van der Waals surface area contributed by atoms with Gasteiger partial charge in [0, 0.05) is 11.0 Å². The summed E-state index contributed by atoms with van der Waals surface area (Å²) < 4.78 is 24.7. The van der Waals surface area contributed by atoms with Crippen LogP contribution < -0.4 is 5.73 Å². The van der Waals surface area contributed by atoms with Crippen LogP contribution in [0.1, 0.15) is 23.2 Å². The topological polar surface area (TPSA) is 38.9 Å². The number of halogens is 3. The van der Waals surface area contributed by atoms with E-state index in [2.05, 4.69) is 20.9 Å². The van der Waals surface area contributed by atoms with Crippen LogP contribution in [0.4, 0.5) is 14.6 Å². The fourth-order valence-corrected chi connectivity index (χ4v) is 1.56. The maximum absolute atomic E-state index is 12.3. The van der Waals surface area contributed by atoms with Crippen molar-refractivity contribution in [3.63, 3.8) is 0 Å². The highest BCUT2D eigenvalue weighted by atomic mass is 79.9. The molecule has 0 unspecified atom stereocenters. The lowest BCUT2D eigenvalue weighted by atomic mass is 10.1. The Kier molecular flexibility index (Phi) is 3.19. The molecule has 2 nitrogen and oxygen atoms in total. The molecule has 2 N–H and O–H groups in total. The Balaban J connectivity index is 3.22. The molecule has 0 spiro atoms. The second-order valence-electron chi connectivity index (χ2n) is 2.64. The zero-order chi connectivity index (χ0) is 10.0. The van der Waals surface area contributed by atoms with Crippen molar-refractivity contribution in [3.05, 3.63) is 22.9 Å². The summed E-state index contributed by atoms with van der Waals surface area (Å²) in [4.78, 5) is 3.83. The zero-order valence-electron chi connectivity index (χ0n) is 7.02. The van der Waals surface area contributed by atoms with E-state index in [1.807, 2.05) is 0 Å². The number of hydrogen-bond acceptors (Lipinski definition) is 2. The minimum atomic E-state index is -2.56. The van der Waals surface area contributed by atoms with Gasteiger partial charge < -0.3 is 5.73 Å². The molecule has 0 amide bonds. The molecule has 0 aliphatic heterocycles. The van der Waals surface area contributed by atoms with Crippen molar-refractivity contribution in [2.45, 2.75) is 18.7 Å². The van der Waals surface area contributed by atoms with Crippen LogP contribution in [0.5, 0.6) is 0 Å². The Morgan fingerprint density at radius 2 is 2.23 bits per heavy atom. The summed E-state index contributed by atoms with van der Waals surface area (Å²) in [5.74, 6) is -0.0859. The Hall–Kier alpha value is -0.710. The predicted molar refractivity (Wildman–Crippen MR) is 51.0 cm³/mol. The van der Waals surface area contributed by atoms with Gasteiger partial charge in [-0.3, -0.25) is 0 Å². The van der Waals surface area contributed by atoms with E-state index >= 15 is 0 Å². The van der Waals surface area contributed by atoms with Crippen molar-refractivity contribution >= 4 is 21.7 Å². The van der Waals surface area contributed by atoms with E-state index in [4.69, 9.17) is 5.73 Å². The van der Waals surface area contributed by atoms with E-state index in [9.17, 15) is 8.78 Å². The number of alkyl halides is 3. The van der Waals surface area contributed by atoms with Crippen LogP contribution in [0.25, 0.3) is 0 Å². The van der Waals surface area contributed by atoms with Gasteiger partial charge in [0.1, 0.15) is 5.82 Å². The fourth-order valence-electron chi connectivity index (χ4n) is 0.993. The van der Waals surface area contributed by atoms with Gasteiger partial charge in [-0.05, 0) is 18.6 Å². The van der Waals surface area contributed by atoms with Gasteiger partial charge in [0.15, 0.2) is 0 Å². The standard InChI is InChI=1S/C8H9BrF2N2/c1-4-5(3-9)2-6(7(10)11)8(12)13-4/h2,7H,3H2,1H3,(H2,12,13). The van der Waals surface area contributed by atoms with Gasteiger partial charge >= 0.3 is 0 Å². The molecule has 1 heterocycles. The first-order valence-corrected chi connectivity index (χ1v) is 4.78. The summed E-state index contributed by atoms with van der Waals surface area (Å²) in [5, 5.41) is 0.506. The lowest BCUT2D eigenvalue weighted by molar-refractivity contribution is 0.152. The third-order valence-corrected chi connectivity index (χ3v) is 2.36. The maximum atomic E-state index is 12.3. The first-order valence-electron chi connectivity index (χ1n) is 3.66. The highest BCUT2D eigenvalue weighted by molar-refractivity contribution is 9.08. The largest absolute Gasteiger partial charge is 0.383 e. The minimum absolute atomic E-state index is 0.0859. The molecule has 5 heteroatoms. The van der Waals surface area contributed by atoms with Crippen LogP contribution in [0, 0.1) is 6.92 Å². The second kappa shape index (κ2) is 4.00. The Morgan fingerprint density at radius 1 is 1.62 bits per heavy atom. The van der Waals surface area contributed by atoms with E-state index in [1.54, 1.807) is 6.92 Å². The van der Waals surface area contributed by atoms with Gasteiger partial charge in [0.25, 0.3) is 6.43 Å². The van der Waals surface area contributed by atoms with E-state index in [1.165, 1.54) is 6.07 Å². The fraction of sp³-hybridized carbons (Fsp3) is 0.375. The second-order valence-corrected chi connectivity index (χ2v) is 3.20.